The molecule has 106 valence electrons. The summed E-state index contributed by atoms with van der Waals surface area (Å²) in [5.41, 5.74) is 9.08. The molecule has 0 aliphatic rings. The molecule has 2 rings (SSSR count). The minimum atomic E-state index is -0.424. The van der Waals surface area contributed by atoms with E-state index in [0.29, 0.717) is 6.54 Å². The molecule has 0 aliphatic carbocycles. The number of halogens is 1. The minimum Gasteiger partial charge on any atom is -0.395 e. The summed E-state index contributed by atoms with van der Waals surface area (Å²) < 4.78 is 1.05. The van der Waals surface area contributed by atoms with Crippen molar-refractivity contribution in [2.75, 3.05) is 13.2 Å². The first-order valence-electron chi connectivity index (χ1n) is 6.73. The van der Waals surface area contributed by atoms with E-state index in [-0.39, 0.29) is 6.61 Å². The Morgan fingerprint density at radius 2 is 1.90 bits per heavy atom. The van der Waals surface area contributed by atoms with E-state index in [2.05, 4.69) is 47.1 Å². The maximum absolute atomic E-state index is 9.99. The molecule has 0 bridgehead atoms. The van der Waals surface area contributed by atoms with E-state index in [4.69, 9.17) is 5.73 Å². The molecule has 3 N–H and O–H groups in total. The Kier molecular flexibility index (Phi) is 4.97. The highest BCUT2D eigenvalue weighted by atomic mass is 79.9. The molecular weight excluding hydrogens is 314 g/mol. The first kappa shape index (κ1) is 15.2. The van der Waals surface area contributed by atoms with Gasteiger partial charge in [-0.2, -0.15) is 0 Å². The van der Waals surface area contributed by atoms with Gasteiger partial charge in [-0.15, -0.1) is 0 Å². The highest BCUT2D eigenvalue weighted by molar-refractivity contribution is 9.10. The van der Waals surface area contributed by atoms with Crippen molar-refractivity contribution in [2.24, 2.45) is 5.73 Å². The van der Waals surface area contributed by atoms with Crippen LogP contribution in [0.3, 0.4) is 0 Å². The molecule has 3 heteroatoms. The van der Waals surface area contributed by atoms with Crippen molar-refractivity contribution in [3.63, 3.8) is 0 Å². The van der Waals surface area contributed by atoms with Gasteiger partial charge in [-0.3, -0.25) is 0 Å². The normalized spacial score (nSPS) is 14.0. The zero-order chi connectivity index (χ0) is 14.6. The summed E-state index contributed by atoms with van der Waals surface area (Å²) >= 11 is 3.49. The highest BCUT2D eigenvalue weighted by Gasteiger charge is 2.31. The number of rotatable bonds is 5. The monoisotopic (exact) mass is 333 g/mol. The summed E-state index contributed by atoms with van der Waals surface area (Å²) in [6.45, 7) is 2.53. The van der Waals surface area contributed by atoms with Gasteiger partial charge in [-0.25, -0.2) is 0 Å². The van der Waals surface area contributed by atoms with Crippen molar-refractivity contribution in [2.45, 2.75) is 18.8 Å². The number of nitrogens with two attached hydrogens (primary N) is 1. The van der Waals surface area contributed by atoms with Crippen LogP contribution in [-0.4, -0.2) is 18.3 Å². The molecule has 0 aromatic heterocycles. The van der Waals surface area contributed by atoms with Gasteiger partial charge in [0.2, 0.25) is 0 Å². The molecule has 0 radical (unpaired) electrons. The summed E-state index contributed by atoms with van der Waals surface area (Å²) in [5, 5.41) is 9.99. The van der Waals surface area contributed by atoms with Gasteiger partial charge in [0.15, 0.2) is 0 Å². The summed E-state index contributed by atoms with van der Waals surface area (Å²) in [6, 6.07) is 16.3. The molecule has 0 fully saturated rings. The molecule has 0 spiro atoms. The van der Waals surface area contributed by atoms with E-state index in [1.165, 1.54) is 11.1 Å². The van der Waals surface area contributed by atoms with E-state index < -0.39 is 5.41 Å². The second-order valence-electron chi connectivity index (χ2n) is 5.26. The lowest BCUT2D eigenvalue weighted by Gasteiger charge is -2.33. The summed E-state index contributed by atoms with van der Waals surface area (Å²) in [7, 11) is 0. The fourth-order valence-electron chi connectivity index (χ4n) is 2.69. The molecule has 0 amide bonds. The number of hydrogen-bond acceptors (Lipinski definition) is 2. The van der Waals surface area contributed by atoms with E-state index in [1.807, 2.05) is 24.3 Å². The van der Waals surface area contributed by atoms with Crippen LogP contribution in [0.15, 0.2) is 53.0 Å². The van der Waals surface area contributed by atoms with Crippen LogP contribution in [0.5, 0.6) is 0 Å². The molecule has 2 nitrogen and oxygen atoms in total. The van der Waals surface area contributed by atoms with Crippen LogP contribution in [0.1, 0.15) is 16.7 Å². The quantitative estimate of drug-likeness (QED) is 0.882. The van der Waals surface area contributed by atoms with Crippen molar-refractivity contribution in [3.05, 3.63) is 69.7 Å². The lowest BCUT2D eigenvalue weighted by atomic mass is 9.74. The topological polar surface area (TPSA) is 46.2 Å². The second-order valence-corrected chi connectivity index (χ2v) is 6.18. The maximum atomic E-state index is 9.99. The van der Waals surface area contributed by atoms with Gasteiger partial charge >= 0.3 is 0 Å². The first-order chi connectivity index (χ1) is 9.61. The predicted molar refractivity (Wildman–Crippen MR) is 86.8 cm³/mol. The smallest absolute Gasteiger partial charge is 0.0543 e. The Morgan fingerprint density at radius 1 is 1.15 bits per heavy atom. The van der Waals surface area contributed by atoms with Crippen molar-refractivity contribution < 1.29 is 5.11 Å². The summed E-state index contributed by atoms with van der Waals surface area (Å²) in [6.07, 6.45) is 0.726. The average molecular weight is 334 g/mol. The van der Waals surface area contributed by atoms with Crippen LogP contribution in [-0.2, 0) is 11.8 Å². The number of aliphatic hydroxyl groups is 1. The van der Waals surface area contributed by atoms with Crippen LogP contribution in [0, 0.1) is 6.92 Å². The van der Waals surface area contributed by atoms with E-state index in [9.17, 15) is 5.11 Å². The van der Waals surface area contributed by atoms with E-state index >= 15 is 0 Å². The Labute approximate surface area is 128 Å². The van der Waals surface area contributed by atoms with Crippen LogP contribution < -0.4 is 5.73 Å². The van der Waals surface area contributed by atoms with Gasteiger partial charge in [0, 0.05) is 16.4 Å². The largest absolute Gasteiger partial charge is 0.395 e. The molecule has 0 heterocycles. The van der Waals surface area contributed by atoms with Crippen molar-refractivity contribution in [1.29, 1.82) is 0 Å². The lowest BCUT2D eigenvalue weighted by molar-refractivity contribution is 0.195. The third kappa shape index (κ3) is 3.11. The Bertz CT molecular complexity index is 579. The minimum absolute atomic E-state index is 0.0425. The predicted octanol–water partition coefficient (Wildman–Crippen LogP) is 3.19. The Hall–Kier alpha value is -1.16. The van der Waals surface area contributed by atoms with Gasteiger partial charge in [-0.05, 0) is 42.2 Å². The number of benzene rings is 2. The zero-order valence-corrected chi connectivity index (χ0v) is 13.2. The third-order valence-electron chi connectivity index (χ3n) is 3.84. The standard InChI is InChI=1S/C17H20BrNO/c1-13-5-2-3-8-16(13)17(11-19,12-20)10-14-6-4-7-15(18)9-14/h2-9,20H,10-12,19H2,1H3. The Morgan fingerprint density at radius 3 is 2.50 bits per heavy atom. The number of aryl methyl sites for hydroxylation is 1. The molecular formula is C17H20BrNO. The Balaban J connectivity index is 2.42. The zero-order valence-electron chi connectivity index (χ0n) is 11.6. The van der Waals surface area contributed by atoms with Crippen molar-refractivity contribution >= 4 is 15.9 Å². The molecule has 1 atom stereocenters. The summed E-state index contributed by atoms with van der Waals surface area (Å²) in [4.78, 5) is 0. The number of hydrogen-bond donors (Lipinski definition) is 2. The van der Waals surface area contributed by atoms with Gasteiger partial charge in [0.1, 0.15) is 0 Å². The lowest BCUT2D eigenvalue weighted by Crippen LogP contribution is -2.41. The fraction of sp³-hybridized carbons (Fsp3) is 0.294. The molecule has 0 saturated heterocycles. The third-order valence-corrected chi connectivity index (χ3v) is 4.33. The van der Waals surface area contributed by atoms with Gasteiger partial charge in [-0.1, -0.05) is 52.3 Å². The van der Waals surface area contributed by atoms with Gasteiger partial charge < -0.3 is 10.8 Å². The SMILES string of the molecule is Cc1ccccc1C(CN)(CO)Cc1cccc(Br)c1. The van der Waals surface area contributed by atoms with Gasteiger partial charge in [0.25, 0.3) is 0 Å². The maximum Gasteiger partial charge on any atom is 0.0543 e. The molecule has 2 aromatic carbocycles. The average Bonchev–Trinajstić information content (AvgIpc) is 2.46. The van der Waals surface area contributed by atoms with Gasteiger partial charge in [0.05, 0.1) is 6.61 Å². The second kappa shape index (κ2) is 6.53. The highest BCUT2D eigenvalue weighted by Crippen LogP contribution is 2.30. The molecule has 1 unspecified atom stereocenters. The van der Waals surface area contributed by atoms with Crippen LogP contribution in [0.4, 0.5) is 0 Å². The molecule has 0 aliphatic heterocycles. The fourth-order valence-corrected chi connectivity index (χ4v) is 3.14. The van der Waals surface area contributed by atoms with E-state index in [1.54, 1.807) is 0 Å². The van der Waals surface area contributed by atoms with Crippen molar-refractivity contribution in [1.82, 2.24) is 0 Å². The number of aliphatic hydroxyl groups excluding tert-OH is 1. The molecule has 20 heavy (non-hydrogen) atoms. The van der Waals surface area contributed by atoms with Crippen LogP contribution in [0.25, 0.3) is 0 Å². The molecule has 2 aromatic rings. The first-order valence-corrected chi connectivity index (χ1v) is 7.52. The van der Waals surface area contributed by atoms with Crippen molar-refractivity contribution in [3.8, 4) is 0 Å². The summed E-state index contributed by atoms with van der Waals surface area (Å²) in [5.74, 6) is 0. The van der Waals surface area contributed by atoms with Crippen LogP contribution in [0.2, 0.25) is 0 Å². The van der Waals surface area contributed by atoms with Crippen LogP contribution >= 0.6 is 15.9 Å². The molecule has 0 saturated carbocycles. The van der Waals surface area contributed by atoms with E-state index in [0.717, 1.165) is 16.5 Å².